The molecule has 3 unspecified atom stereocenters. The summed E-state index contributed by atoms with van der Waals surface area (Å²) in [6, 6.07) is -0.864. The van der Waals surface area contributed by atoms with Gasteiger partial charge in [-0.3, -0.25) is 13.8 Å². The van der Waals surface area contributed by atoms with E-state index in [1.54, 1.807) is 6.08 Å². The van der Waals surface area contributed by atoms with Crippen molar-refractivity contribution in [1.29, 1.82) is 0 Å². The number of phosphoric acid groups is 1. The minimum atomic E-state index is -4.34. The molecule has 0 aliphatic rings. The maximum Gasteiger partial charge on any atom is 0.472 e. The molecule has 3 atom stereocenters. The van der Waals surface area contributed by atoms with E-state index in [9.17, 15) is 19.4 Å². The molecule has 0 aromatic carbocycles. The van der Waals surface area contributed by atoms with Crippen molar-refractivity contribution in [1.82, 2.24) is 5.32 Å². The highest BCUT2D eigenvalue weighted by atomic mass is 31.2. The van der Waals surface area contributed by atoms with Crippen LogP contribution in [0.25, 0.3) is 0 Å². The molecule has 0 heterocycles. The Morgan fingerprint density at radius 2 is 0.910 bits per heavy atom. The van der Waals surface area contributed by atoms with E-state index >= 15 is 0 Å². The molecule has 0 bridgehead atoms. The lowest BCUT2D eigenvalue weighted by Crippen LogP contribution is -2.45. The Hall–Kier alpha value is -2.58. The first kappa shape index (κ1) is 64.4. The number of carbonyl (C=O) groups excluding carboxylic acids is 1. The summed E-state index contributed by atoms with van der Waals surface area (Å²) in [5.74, 6) is -0.193. The van der Waals surface area contributed by atoms with Gasteiger partial charge in [0, 0.05) is 6.42 Å². The minimum absolute atomic E-state index is 0.0532. The molecule has 8 nitrogen and oxygen atoms in total. The third kappa shape index (κ3) is 51.1. The average molecular weight is 956 g/mol. The SMILES string of the molecule is CC/C=C\C/C=C\C/C=C\C/C=C\C/C=C\C/C=C\CCCCCCCCCCCCCCCCCCCCC(=O)NC(COP(=O)(O)OCC[N+](C)(C)C)C(O)/C=C/CC/C=C/CCCC. The highest BCUT2D eigenvalue weighted by Crippen LogP contribution is 2.43. The Bertz CT molecular complexity index is 1410. The van der Waals surface area contributed by atoms with Crippen molar-refractivity contribution in [2.24, 2.45) is 0 Å². The molecular weight excluding hydrogens is 852 g/mol. The van der Waals surface area contributed by atoms with E-state index in [0.29, 0.717) is 17.4 Å². The smallest absolute Gasteiger partial charge is 0.387 e. The Morgan fingerprint density at radius 3 is 1.37 bits per heavy atom. The third-order valence-electron chi connectivity index (χ3n) is 11.5. The Morgan fingerprint density at radius 1 is 0.522 bits per heavy atom. The lowest BCUT2D eigenvalue weighted by molar-refractivity contribution is -0.870. The molecule has 0 radical (unpaired) electrons. The molecule has 0 aliphatic carbocycles. The Kier molecular flexibility index (Phi) is 46.6. The first-order valence-electron chi connectivity index (χ1n) is 27.1. The fraction of sp³-hybridized carbons (Fsp3) is 0.707. The summed E-state index contributed by atoms with van der Waals surface area (Å²) in [6.45, 7) is 4.59. The van der Waals surface area contributed by atoms with Gasteiger partial charge in [0.1, 0.15) is 13.2 Å². The van der Waals surface area contributed by atoms with Crippen molar-refractivity contribution in [2.45, 2.75) is 225 Å². The van der Waals surface area contributed by atoms with Crippen LogP contribution in [-0.2, 0) is 18.4 Å². The number of likely N-dealkylation sites (N-methyl/N-ethyl adjacent to an activating group) is 1. The number of amides is 1. The highest BCUT2D eigenvalue weighted by molar-refractivity contribution is 7.47. The first-order valence-corrected chi connectivity index (χ1v) is 28.6. The summed E-state index contributed by atoms with van der Waals surface area (Å²) in [5, 5.41) is 13.7. The molecule has 0 saturated heterocycles. The molecule has 0 aliphatic heterocycles. The van der Waals surface area contributed by atoms with Crippen LogP contribution in [0.2, 0.25) is 0 Å². The van der Waals surface area contributed by atoms with Gasteiger partial charge in [0.05, 0.1) is 39.9 Å². The lowest BCUT2D eigenvalue weighted by Gasteiger charge is -2.25. The van der Waals surface area contributed by atoms with Crippen LogP contribution >= 0.6 is 7.82 Å². The molecule has 0 saturated carbocycles. The molecule has 0 aromatic heterocycles. The fourth-order valence-electron chi connectivity index (χ4n) is 7.28. The van der Waals surface area contributed by atoms with E-state index in [4.69, 9.17) is 9.05 Å². The Balaban J connectivity index is 3.90. The second-order valence-corrected chi connectivity index (χ2v) is 20.7. The number of phosphoric ester groups is 1. The second kappa shape index (κ2) is 48.4. The van der Waals surface area contributed by atoms with E-state index in [1.165, 1.54) is 116 Å². The number of aliphatic hydroxyl groups is 1. The minimum Gasteiger partial charge on any atom is -0.387 e. The number of nitrogens with one attached hydrogen (secondary N) is 1. The Labute approximate surface area is 413 Å². The fourth-order valence-corrected chi connectivity index (χ4v) is 8.02. The quantitative estimate of drug-likeness (QED) is 0.0243. The molecule has 3 N–H and O–H groups in total. The summed E-state index contributed by atoms with van der Waals surface area (Å²) < 4.78 is 23.5. The second-order valence-electron chi connectivity index (χ2n) is 19.2. The van der Waals surface area contributed by atoms with Gasteiger partial charge in [0.2, 0.25) is 5.91 Å². The molecule has 0 spiro atoms. The lowest BCUT2D eigenvalue weighted by atomic mass is 10.0. The van der Waals surface area contributed by atoms with Gasteiger partial charge in [-0.1, -0.05) is 227 Å². The van der Waals surface area contributed by atoms with Gasteiger partial charge in [0.25, 0.3) is 0 Å². The molecule has 1 amide bonds. The number of quaternary nitrogens is 1. The molecule has 67 heavy (non-hydrogen) atoms. The van der Waals surface area contributed by atoms with E-state index in [0.717, 1.165) is 77.0 Å². The predicted molar refractivity (Wildman–Crippen MR) is 290 cm³/mol. The van der Waals surface area contributed by atoms with Gasteiger partial charge in [-0.25, -0.2) is 4.57 Å². The largest absolute Gasteiger partial charge is 0.472 e. The van der Waals surface area contributed by atoms with E-state index in [-0.39, 0.29) is 19.1 Å². The summed E-state index contributed by atoms with van der Waals surface area (Å²) in [4.78, 5) is 23.1. The van der Waals surface area contributed by atoms with Crippen molar-refractivity contribution in [3.8, 4) is 0 Å². The molecule has 0 rings (SSSR count). The summed E-state index contributed by atoms with van der Waals surface area (Å²) in [6.07, 6.45) is 69.7. The normalized spacial score (nSPS) is 14.8. The standard InChI is InChI=1S/C58H103N2O6P/c1-6-8-10-12-14-16-17-18-19-20-21-22-23-24-25-26-27-28-29-30-31-32-33-34-35-36-37-38-39-40-41-42-43-44-46-48-50-52-58(62)59-56(55-66-67(63,64)65-54-53-60(3,4)5)57(61)51-49-47-45-15-13-11-9-7-2/h8,10,13-16,18-19,21-22,24-25,27-28,49,51,56-57,61H,6-7,9,11-12,17,20,23,26,29-48,50,52-55H2,1-5H3,(H-,59,62,63,64)/p+1/b10-8-,15-13+,16-14-,19-18-,22-21-,25-24-,28-27-,51-49+. The van der Waals surface area contributed by atoms with Crippen molar-refractivity contribution in [2.75, 3.05) is 40.9 Å². The van der Waals surface area contributed by atoms with Crippen LogP contribution in [0.1, 0.15) is 213 Å². The maximum absolute atomic E-state index is 12.9. The molecule has 0 fully saturated rings. The van der Waals surface area contributed by atoms with E-state index < -0.39 is 20.0 Å². The number of hydrogen-bond acceptors (Lipinski definition) is 5. The first-order chi connectivity index (χ1) is 32.5. The topological polar surface area (TPSA) is 105 Å². The van der Waals surface area contributed by atoms with Crippen LogP contribution in [0.5, 0.6) is 0 Å². The van der Waals surface area contributed by atoms with Gasteiger partial charge in [0.15, 0.2) is 0 Å². The summed E-state index contributed by atoms with van der Waals surface area (Å²) >= 11 is 0. The monoisotopic (exact) mass is 956 g/mol. The molecule has 9 heteroatoms. The summed E-state index contributed by atoms with van der Waals surface area (Å²) in [5.41, 5.74) is 0. The van der Waals surface area contributed by atoms with Crippen LogP contribution in [-0.4, -0.2) is 73.4 Å². The molecule has 0 aromatic rings. The van der Waals surface area contributed by atoms with Crippen molar-refractivity contribution in [3.05, 3.63) is 97.2 Å². The van der Waals surface area contributed by atoms with E-state index in [1.807, 2.05) is 27.2 Å². The van der Waals surface area contributed by atoms with E-state index in [2.05, 4.69) is 104 Å². The number of aliphatic hydroxyl groups excluding tert-OH is 1. The molecule has 386 valence electrons. The number of unbranched alkanes of at least 4 members (excludes halogenated alkanes) is 21. The van der Waals surface area contributed by atoms with Crippen LogP contribution in [0.3, 0.4) is 0 Å². The highest BCUT2D eigenvalue weighted by Gasteiger charge is 2.27. The van der Waals surface area contributed by atoms with Gasteiger partial charge >= 0.3 is 7.82 Å². The number of rotatable bonds is 48. The van der Waals surface area contributed by atoms with Gasteiger partial charge in [-0.05, 0) is 77.0 Å². The zero-order valence-electron chi connectivity index (χ0n) is 43.9. The predicted octanol–water partition coefficient (Wildman–Crippen LogP) is 16.3. The third-order valence-corrected chi connectivity index (χ3v) is 12.5. The van der Waals surface area contributed by atoms with Crippen molar-refractivity contribution >= 4 is 13.7 Å². The molecular formula is C58H104N2O6P+. The van der Waals surface area contributed by atoms with Gasteiger partial charge in [-0.15, -0.1) is 0 Å². The van der Waals surface area contributed by atoms with Crippen molar-refractivity contribution < 1.29 is 32.9 Å². The number of nitrogens with zero attached hydrogens (tertiary/aromatic N) is 1. The zero-order valence-corrected chi connectivity index (χ0v) is 44.8. The van der Waals surface area contributed by atoms with Gasteiger partial charge in [-0.2, -0.15) is 0 Å². The number of hydrogen-bond donors (Lipinski definition) is 3. The number of allylic oxidation sites excluding steroid dienone is 15. The van der Waals surface area contributed by atoms with Crippen molar-refractivity contribution in [3.63, 3.8) is 0 Å². The van der Waals surface area contributed by atoms with Gasteiger partial charge < -0.3 is 19.8 Å². The van der Waals surface area contributed by atoms with Crippen LogP contribution in [0.15, 0.2) is 97.2 Å². The average Bonchev–Trinajstić information content (AvgIpc) is 3.29. The zero-order chi connectivity index (χ0) is 49.2. The summed E-state index contributed by atoms with van der Waals surface area (Å²) in [7, 11) is 1.55. The van der Waals surface area contributed by atoms with Crippen LogP contribution < -0.4 is 5.32 Å². The van der Waals surface area contributed by atoms with Crippen LogP contribution in [0.4, 0.5) is 0 Å². The van der Waals surface area contributed by atoms with Crippen LogP contribution in [0, 0.1) is 0 Å². The maximum atomic E-state index is 12.9. The number of carbonyl (C=O) groups is 1.